The monoisotopic (exact) mass is 484 g/mol. The van der Waals surface area contributed by atoms with Gasteiger partial charge >= 0.3 is 5.97 Å². The van der Waals surface area contributed by atoms with Crippen LogP contribution in [0.1, 0.15) is 19.4 Å². The van der Waals surface area contributed by atoms with Crippen LogP contribution in [-0.2, 0) is 29.2 Å². The second-order valence-corrected chi connectivity index (χ2v) is 12.4. The molecule has 33 heavy (non-hydrogen) atoms. The van der Waals surface area contributed by atoms with Gasteiger partial charge in [0.1, 0.15) is 0 Å². The Kier molecular flexibility index (Phi) is 7.19. The summed E-state index contributed by atoms with van der Waals surface area (Å²) >= 11 is 0. The summed E-state index contributed by atoms with van der Waals surface area (Å²) in [5, 5.41) is 0. The molecule has 0 bridgehead atoms. The summed E-state index contributed by atoms with van der Waals surface area (Å²) in [6, 6.07) is 23.4. The minimum absolute atomic E-state index is 0.197. The van der Waals surface area contributed by atoms with Crippen molar-refractivity contribution in [2.75, 3.05) is 0 Å². The molecule has 0 unspecified atom stereocenters. The van der Waals surface area contributed by atoms with Crippen LogP contribution in [0.4, 0.5) is 0 Å². The lowest BCUT2D eigenvalue weighted by Gasteiger charge is -2.34. The lowest BCUT2D eigenvalue weighted by Crippen LogP contribution is -2.53. The summed E-state index contributed by atoms with van der Waals surface area (Å²) in [6.07, 6.45) is 1.20. The third-order valence-corrected chi connectivity index (χ3v) is 10.9. The second-order valence-electron chi connectivity index (χ2n) is 7.45. The summed E-state index contributed by atoms with van der Waals surface area (Å²) in [5.41, 5.74) is 0.686. The van der Waals surface area contributed by atoms with Gasteiger partial charge in [-0.3, -0.25) is 4.79 Å². The number of benzene rings is 3. The van der Waals surface area contributed by atoms with Gasteiger partial charge in [0.15, 0.2) is 6.10 Å². The smallest absolute Gasteiger partial charge is 0.303 e. The Labute approximate surface area is 194 Å². The summed E-state index contributed by atoms with van der Waals surface area (Å²) < 4.78 is 58.4. The van der Waals surface area contributed by atoms with Crippen molar-refractivity contribution in [3.05, 3.63) is 103 Å². The molecular formula is C25H24O6S2. The van der Waals surface area contributed by atoms with E-state index in [9.17, 15) is 21.6 Å². The molecule has 0 aliphatic rings. The molecule has 0 N–H and O–H groups in total. The van der Waals surface area contributed by atoms with Crippen molar-refractivity contribution in [1.29, 1.82) is 0 Å². The standard InChI is InChI=1S/C25H24O6S2/c1-20(26)31-24(19-18-21-12-6-3-7-13-21)25(2,32(27,28)22-14-8-4-9-15-22)33(29,30)23-16-10-5-11-17-23/h3-19,24H,1-2H3/b19-18-/t24-/m1/s1. The quantitative estimate of drug-likeness (QED) is 0.443. The fourth-order valence-corrected chi connectivity index (χ4v) is 7.94. The van der Waals surface area contributed by atoms with Crippen LogP contribution < -0.4 is 0 Å². The van der Waals surface area contributed by atoms with E-state index in [1.54, 1.807) is 36.4 Å². The Balaban J connectivity index is 2.30. The number of hydrogen-bond donors (Lipinski definition) is 0. The minimum atomic E-state index is -4.57. The lowest BCUT2D eigenvalue weighted by atomic mass is 10.1. The van der Waals surface area contributed by atoms with Gasteiger partial charge in [-0.1, -0.05) is 72.8 Å². The molecule has 172 valence electrons. The van der Waals surface area contributed by atoms with Crippen molar-refractivity contribution in [2.45, 2.75) is 33.8 Å². The zero-order valence-corrected chi connectivity index (χ0v) is 19.8. The van der Waals surface area contributed by atoms with E-state index in [4.69, 9.17) is 4.74 Å². The number of hydrogen-bond acceptors (Lipinski definition) is 6. The van der Waals surface area contributed by atoms with Gasteiger partial charge in [0, 0.05) is 6.92 Å². The highest BCUT2D eigenvalue weighted by atomic mass is 32.3. The van der Waals surface area contributed by atoms with Gasteiger partial charge in [0.2, 0.25) is 23.8 Å². The van der Waals surface area contributed by atoms with Crippen molar-refractivity contribution in [2.24, 2.45) is 0 Å². The molecule has 0 amide bonds. The summed E-state index contributed by atoms with van der Waals surface area (Å²) in [5.74, 6) is -0.810. The van der Waals surface area contributed by atoms with Crippen LogP contribution in [0.5, 0.6) is 0 Å². The molecule has 0 aliphatic heterocycles. The van der Waals surface area contributed by atoms with E-state index in [0.717, 1.165) is 13.8 Å². The Morgan fingerprint density at radius 2 is 1.15 bits per heavy atom. The van der Waals surface area contributed by atoms with Crippen molar-refractivity contribution in [3.8, 4) is 0 Å². The number of rotatable bonds is 8. The highest BCUT2D eigenvalue weighted by molar-refractivity contribution is 8.10. The summed E-state index contributed by atoms with van der Waals surface area (Å²) in [4.78, 5) is 11.6. The number of sulfone groups is 2. The SMILES string of the molecule is CC(=O)O[C@H](/C=C\c1ccccc1)C(C)(S(=O)(=O)c1ccccc1)S(=O)(=O)c1ccccc1. The highest BCUT2D eigenvalue weighted by Crippen LogP contribution is 2.40. The molecule has 0 saturated carbocycles. The molecule has 0 aliphatic carbocycles. The maximum Gasteiger partial charge on any atom is 0.303 e. The molecule has 3 rings (SSSR count). The molecule has 3 aromatic carbocycles. The van der Waals surface area contributed by atoms with Gasteiger partial charge in [-0.15, -0.1) is 0 Å². The van der Waals surface area contributed by atoms with Crippen LogP contribution in [0.2, 0.25) is 0 Å². The van der Waals surface area contributed by atoms with E-state index < -0.39 is 35.8 Å². The average molecular weight is 485 g/mol. The van der Waals surface area contributed by atoms with Crippen molar-refractivity contribution < 1.29 is 26.4 Å². The highest BCUT2D eigenvalue weighted by Gasteiger charge is 2.58. The van der Waals surface area contributed by atoms with Crippen molar-refractivity contribution in [3.63, 3.8) is 0 Å². The second kappa shape index (κ2) is 9.72. The average Bonchev–Trinajstić information content (AvgIpc) is 2.82. The van der Waals surface area contributed by atoms with E-state index in [-0.39, 0.29) is 9.79 Å². The number of carbonyl (C=O) groups is 1. The number of esters is 1. The molecule has 6 nitrogen and oxygen atoms in total. The molecule has 0 aromatic heterocycles. The van der Waals surface area contributed by atoms with Gasteiger partial charge in [0.05, 0.1) is 9.79 Å². The van der Waals surface area contributed by atoms with Crippen molar-refractivity contribution >= 4 is 31.7 Å². The molecule has 8 heteroatoms. The van der Waals surface area contributed by atoms with Gasteiger partial charge in [-0.2, -0.15) is 0 Å². The summed E-state index contributed by atoms with van der Waals surface area (Å²) in [6.45, 7) is 2.19. The predicted molar refractivity (Wildman–Crippen MR) is 127 cm³/mol. The minimum Gasteiger partial charge on any atom is -0.455 e. The molecule has 0 radical (unpaired) electrons. The molecular weight excluding hydrogens is 460 g/mol. The molecule has 3 aromatic rings. The maximum atomic E-state index is 13.9. The topological polar surface area (TPSA) is 94.6 Å². The first-order chi connectivity index (χ1) is 15.6. The van der Waals surface area contributed by atoms with Crippen molar-refractivity contribution in [1.82, 2.24) is 0 Å². The normalized spacial score (nSPS) is 13.5. The fourth-order valence-electron chi connectivity index (χ4n) is 3.38. The first kappa shape index (κ1) is 24.4. The maximum absolute atomic E-state index is 13.9. The van der Waals surface area contributed by atoms with Crippen LogP contribution in [0.25, 0.3) is 6.08 Å². The zero-order valence-electron chi connectivity index (χ0n) is 18.2. The number of carbonyl (C=O) groups excluding carboxylic acids is 1. The van der Waals surface area contributed by atoms with Crippen LogP contribution in [-0.4, -0.2) is 33.0 Å². The van der Waals surface area contributed by atoms with E-state index in [1.165, 1.54) is 60.7 Å². The van der Waals surface area contributed by atoms with Crippen LogP contribution in [0, 0.1) is 0 Å². The molecule has 0 saturated heterocycles. The predicted octanol–water partition coefficient (Wildman–Crippen LogP) is 4.30. The van der Waals surface area contributed by atoms with Gasteiger partial charge in [-0.25, -0.2) is 16.8 Å². The first-order valence-corrected chi connectivity index (χ1v) is 13.1. The van der Waals surface area contributed by atoms with E-state index in [1.807, 2.05) is 6.07 Å². The van der Waals surface area contributed by atoms with Crippen LogP contribution >= 0.6 is 0 Å². The first-order valence-electron chi connectivity index (χ1n) is 10.1. The van der Waals surface area contributed by atoms with E-state index >= 15 is 0 Å². The molecule has 0 spiro atoms. The van der Waals surface area contributed by atoms with Crippen LogP contribution in [0.3, 0.4) is 0 Å². The van der Waals surface area contributed by atoms with E-state index in [2.05, 4.69) is 0 Å². The zero-order chi connectivity index (χ0) is 24.1. The molecule has 0 heterocycles. The largest absolute Gasteiger partial charge is 0.455 e. The van der Waals surface area contributed by atoms with Gasteiger partial charge < -0.3 is 4.74 Å². The Bertz CT molecular complexity index is 1260. The number of ether oxygens (including phenoxy) is 1. The Morgan fingerprint density at radius 1 is 0.758 bits per heavy atom. The van der Waals surface area contributed by atoms with E-state index in [0.29, 0.717) is 5.56 Å². The molecule has 0 fully saturated rings. The summed E-state index contributed by atoms with van der Waals surface area (Å²) in [7, 11) is -9.14. The fraction of sp³-hybridized carbons (Fsp3) is 0.160. The Morgan fingerprint density at radius 3 is 1.55 bits per heavy atom. The third-order valence-electron chi connectivity index (χ3n) is 5.25. The van der Waals surface area contributed by atoms with Gasteiger partial charge in [-0.05, 0) is 42.8 Å². The Hall–Kier alpha value is -3.23. The third kappa shape index (κ3) is 4.77. The van der Waals surface area contributed by atoms with Crippen LogP contribution in [0.15, 0.2) is 107 Å². The lowest BCUT2D eigenvalue weighted by molar-refractivity contribution is -0.144. The van der Waals surface area contributed by atoms with Gasteiger partial charge in [0.25, 0.3) is 0 Å². The molecule has 1 atom stereocenters.